The maximum Gasteiger partial charge on any atom is 0.191 e. The number of ether oxygens (including phenoxy) is 1. The highest BCUT2D eigenvalue weighted by Crippen LogP contribution is 1.94. The fraction of sp³-hybridized carbons (Fsp3) is 0.692. The third kappa shape index (κ3) is 6.81. The van der Waals surface area contributed by atoms with Crippen molar-refractivity contribution in [2.24, 2.45) is 12.0 Å². The van der Waals surface area contributed by atoms with E-state index >= 15 is 0 Å². The van der Waals surface area contributed by atoms with Gasteiger partial charge < -0.3 is 15.4 Å². The van der Waals surface area contributed by atoms with Crippen LogP contribution in [0.15, 0.2) is 17.4 Å². The summed E-state index contributed by atoms with van der Waals surface area (Å²) in [7, 11) is 3.69. The van der Waals surface area contributed by atoms with Crippen LogP contribution in [0.2, 0.25) is 0 Å². The van der Waals surface area contributed by atoms with Crippen molar-refractivity contribution >= 4 is 5.96 Å². The summed E-state index contributed by atoms with van der Waals surface area (Å²) in [4.78, 5) is 4.18. The zero-order chi connectivity index (χ0) is 13.9. The average molecular weight is 267 g/mol. The molecule has 0 fully saturated rings. The van der Waals surface area contributed by atoms with Crippen molar-refractivity contribution in [3.8, 4) is 0 Å². The molecule has 0 aliphatic heterocycles. The van der Waals surface area contributed by atoms with E-state index in [4.69, 9.17) is 4.74 Å². The predicted octanol–water partition coefficient (Wildman–Crippen LogP) is 0.902. The molecule has 6 nitrogen and oxygen atoms in total. The van der Waals surface area contributed by atoms with Gasteiger partial charge in [0, 0.05) is 52.2 Å². The van der Waals surface area contributed by atoms with E-state index in [0.29, 0.717) is 0 Å². The van der Waals surface area contributed by atoms with Crippen LogP contribution in [-0.4, -0.2) is 42.5 Å². The van der Waals surface area contributed by atoms with Gasteiger partial charge in [-0.05, 0) is 19.8 Å². The average Bonchev–Trinajstić information content (AvgIpc) is 2.83. The van der Waals surface area contributed by atoms with E-state index in [1.807, 2.05) is 26.4 Å². The monoisotopic (exact) mass is 267 g/mol. The molecule has 0 atom stereocenters. The molecule has 0 saturated heterocycles. The van der Waals surface area contributed by atoms with Crippen LogP contribution in [0, 0.1) is 0 Å². The van der Waals surface area contributed by atoms with Crippen molar-refractivity contribution in [2.45, 2.75) is 26.3 Å². The number of nitrogens with one attached hydrogen (secondary N) is 2. The maximum absolute atomic E-state index is 5.29. The van der Waals surface area contributed by atoms with E-state index in [9.17, 15) is 0 Å². The Balaban J connectivity index is 2.12. The molecule has 0 bridgehead atoms. The van der Waals surface area contributed by atoms with Gasteiger partial charge in [0.2, 0.25) is 0 Å². The minimum atomic E-state index is 0.729. The van der Waals surface area contributed by atoms with Gasteiger partial charge in [-0.15, -0.1) is 0 Å². The van der Waals surface area contributed by atoms with Gasteiger partial charge in [-0.25, -0.2) is 0 Å². The third-order valence-corrected chi connectivity index (χ3v) is 2.65. The highest BCUT2D eigenvalue weighted by molar-refractivity contribution is 5.79. The van der Waals surface area contributed by atoms with Gasteiger partial charge in [-0.3, -0.25) is 9.67 Å². The molecule has 1 rings (SSSR count). The molecule has 6 heteroatoms. The Bertz CT molecular complexity index is 375. The first-order chi connectivity index (χ1) is 9.26. The Morgan fingerprint density at radius 2 is 2.26 bits per heavy atom. The Morgan fingerprint density at radius 1 is 1.42 bits per heavy atom. The van der Waals surface area contributed by atoms with Crippen LogP contribution in [0.25, 0.3) is 0 Å². The summed E-state index contributed by atoms with van der Waals surface area (Å²) in [6.45, 7) is 5.27. The molecule has 0 unspecified atom stereocenters. The van der Waals surface area contributed by atoms with Gasteiger partial charge in [-0.2, -0.15) is 5.10 Å². The summed E-state index contributed by atoms with van der Waals surface area (Å²) < 4.78 is 7.08. The Kier molecular flexibility index (Phi) is 7.65. The first-order valence-corrected chi connectivity index (χ1v) is 6.76. The molecule has 19 heavy (non-hydrogen) atoms. The van der Waals surface area contributed by atoms with Crippen molar-refractivity contribution in [1.82, 2.24) is 20.4 Å². The number of rotatable bonds is 8. The molecule has 0 aliphatic carbocycles. The number of guanidine groups is 1. The third-order valence-electron chi connectivity index (χ3n) is 2.65. The standard InChI is InChI=1S/C13H25N5O/c1-4-19-8-6-5-7-15-13(14-2)16-9-12-10-17-18(3)11-12/h10-11H,4-9H2,1-3H3,(H2,14,15,16). The maximum atomic E-state index is 5.29. The molecular formula is C13H25N5O. The lowest BCUT2D eigenvalue weighted by atomic mass is 10.3. The Hall–Kier alpha value is -1.56. The van der Waals surface area contributed by atoms with E-state index in [-0.39, 0.29) is 0 Å². The summed E-state index contributed by atoms with van der Waals surface area (Å²) in [5, 5.41) is 10.7. The molecule has 0 aliphatic rings. The second-order valence-electron chi connectivity index (χ2n) is 4.28. The van der Waals surface area contributed by atoms with E-state index in [0.717, 1.165) is 50.7 Å². The summed E-state index contributed by atoms with van der Waals surface area (Å²) in [6, 6.07) is 0. The predicted molar refractivity (Wildman–Crippen MR) is 77.1 cm³/mol. The van der Waals surface area contributed by atoms with Crippen molar-refractivity contribution in [1.29, 1.82) is 0 Å². The van der Waals surface area contributed by atoms with Crippen LogP contribution < -0.4 is 10.6 Å². The number of nitrogens with zero attached hydrogens (tertiary/aromatic N) is 3. The topological polar surface area (TPSA) is 63.5 Å². The van der Waals surface area contributed by atoms with Gasteiger partial charge in [-0.1, -0.05) is 0 Å². The van der Waals surface area contributed by atoms with E-state index in [1.54, 1.807) is 11.7 Å². The second kappa shape index (κ2) is 9.38. The first kappa shape index (κ1) is 15.5. The van der Waals surface area contributed by atoms with Gasteiger partial charge >= 0.3 is 0 Å². The molecule has 0 radical (unpaired) electrons. The van der Waals surface area contributed by atoms with Crippen molar-refractivity contribution in [2.75, 3.05) is 26.8 Å². The lowest BCUT2D eigenvalue weighted by Crippen LogP contribution is -2.37. The lowest BCUT2D eigenvalue weighted by Gasteiger charge is -2.11. The first-order valence-electron chi connectivity index (χ1n) is 6.76. The number of aliphatic imine (C=N–C) groups is 1. The number of aromatic nitrogens is 2. The van der Waals surface area contributed by atoms with E-state index in [1.165, 1.54) is 0 Å². The molecule has 2 N–H and O–H groups in total. The highest BCUT2D eigenvalue weighted by Gasteiger charge is 1.99. The minimum Gasteiger partial charge on any atom is -0.382 e. The van der Waals surface area contributed by atoms with Crippen LogP contribution in [0.4, 0.5) is 0 Å². The molecular weight excluding hydrogens is 242 g/mol. The molecule has 1 aromatic heterocycles. The minimum absolute atomic E-state index is 0.729. The van der Waals surface area contributed by atoms with Crippen molar-refractivity contribution in [3.05, 3.63) is 18.0 Å². The molecule has 108 valence electrons. The Morgan fingerprint density at radius 3 is 2.89 bits per heavy atom. The lowest BCUT2D eigenvalue weighted by molar-refractivity contribution is 0.143. The SMILES string of the molecule is CCOCCCCNC(=NC)NCc1cnn(C)c1. The summed E-state index contributed by atoms with van der Waals surface area (Å²) >= 11 is 0. The van der Waals surface area contributed by atoms with Gasteiger partial charge in [0.25, 0.3) is 0 Å². The second-order valence-corrected chi connectivity index (χ2v) is 4.28. The van der Waals surface area contributed by atoms with Crippen LogP contribution in [0.3, 0.4) is 0 Å². The quantitative estimate of drug-likeness (QED) is 0.417. The van der Waals surface area contributed by atoms with E-state index < -0.39 is 0 Å². The van der Waals surface area contributed by atoms with Crippen molar-refractivity contribution in [3.63, 3.8) is 0 Å². The molecule has 0 spiro atoms. The summed E-state index contributed by atoms with van der Waals surface area (Å²) in [6.07, 6.45) is 5.98. The molecule has 0 saturated carbocycles. The zero-order valence-electron chi connectivity index (χ0n) is 12.1. The van der Waals surface area contributed by atoms with Gasteiger partial charge in [0.1, 0.15) is 0 Å². The molecule has 0 aromatic carbocycles. The number of hydrogen-bond donors (Lipinski definition) is 2. The van der Waals surface area contributed by atoms with Crippen molar-refractivity contribution < 1.29 is 4.74 Å². The van der Waals surface area contributed by atoms with E-state index in [2.05, 4.69) is 20.7 Å². The smallest absolute Gasteiger partial charge is 0.191 e. The summed E-state index contributed by atoms with van der Waals surface area (Å²) in [5.41, 5.74) is 1.14. The number of aryl methyl sites for hydroxylation is 1. The number of unbranched alkanes of at least 4 members (excludes halogenated alkanes) is 1. The van der Waals surface area contributed by atoms with Crippen LogP contribution in [0.1, 0.15) is 25.3 Å². The normalized spacial score (nSPS) is 11.6. The fourth-order valence-corrected chi connectivity index (χ4v) is 1.65. The van der Waals surface area contributed by atoms with Gasteiger partial charge in [0.15, 0.2) is 5.96 Å². The van der Waals surface area contributed by atoms with Crippen LogP contribution in [0.5, 0.6) is 0 Å². The molecule has 0 amide bonds. The molecule has 1 heterocycles. The van der Waals surface area contributed by atoms with Gasteiger partial charge in [0.05, 0.1) is 6.20 Å². The Labute approximate surface area is 115 Å². The largest absolute Gasteiger partial charge is 0.382 e. The van der Waals surface area contributed by atoms with Crippen LogP contribution >= 0.6 is 0 Å². The number of hydrogen-bond acceptors (Lipinski definition) is 3. The highest BCUT2D eigenvalue weighted by atomic mass is 16.5. The fourth-order valence-electron chi connectivity index (χ4n) is 1.65. The summed E-state index contributed by atoms with van der Waals surface area (Å²) in [5.74, 6) is 0.820. The zero-order valence-corrected chi connectivity index (χ0v) is 12.1. The van der Waals surface area contributed by atoms with Crippen LogP contribution in [-0.2, 0) is 18.3 Å². The molecule has 1 aromatic rings.